The molecule has 0 heterocycles. The molecule has 0 radical (unpaired) electrons. The van der Waals surface area contributed by atoms with Crippen molar-refractivity contribution in [1.29, 1.82) is 0 Å². The molecule has 28 heavy (non-hydrogen) atoms. The molecule has 3 nitrogen and oxygen atoms in total. The summed E-state index contributed by atoms with van der Waals surface area (Å²) in [6, 6.07) is 10.1. The van der Waals surface area contributed by atoms with E-state index in [2.05, 4.69) is 65.0 Å². The summed E-state index contributed by atoms with van der Waals surface area (Å²) in [6.45, 7) is 10.6. The normalized spacial score (nSPS) is 12.9. The first kappa shape index (κ1) is 24.5. The van der Waals surface area contributed by atoms with Gasteiger partial charge in [-0.1, -0.05) is 17.7 Å². The molecule has 0 aliphatic heterocycles. The Hall–Kier alpha value is -1.58. The van der Waals surface area contributed by atoms with Crippen molar-refractivity contribution in [2.75, 3.05) is 6.01 Å². The molecule has 0 amide bonds. The number of rotatable bonds is 3. The van der Waals surface area contributed by atoms with Crippen LogP contribution in [0.3, 0.4) is 0 Å². The van der Waals surface area contributed by atoms with Crippen LogP contribution in [-0.4, -0.2) is 24.5 Å². The van der Waals surface area contributed by atoms with E-state index in [9.17, 15) is 17.6 Å². The van der Waals surface area contributed by atoms with Crippen LogP contribution in [0.1, 0.15) is 27.8 Å². The van der Waals surface area contributed by atoms with E-state index < -0.39 is 26.5 Å². The molecule has 0 fully saturated rings. The number of alkyl halides is 4. The zero-order valence-electron chi connectivity index (χ0n) is 16.1. The van der Waals surface area contributed by atoms with Crippen LogP contribution in [0.15, 0.2) is 40.1 Å². The lowest BCUT2D eigenvalue weighted by Crippen LogP contribution is -2.21. The van der Waals surface area contributed by atoms with Gasteiger partial charge in [-0.05, 0) is 69.5 Å². The van der Waals surface area contributed by atoms with Crippen molar-refractivity contribution in [1.82, 2.24) is 0 Å². The molecule has 0 bridgehead atoms. The molecule has 156 valence electrons. The molecule has 2 aromatic rings. The van der Waals surface area contributed by atoms with E-state index in [0.29, 0.717) is 0 Å². The summed E-state index contributed by atoms with van der Waals surface area (Å²) < 4.78 is 72.6. The van der Waals surface area contributed by atoms with E-state index in [-0.39, 0.29) is 6.01 Å². The van der Waals surface area contributed by atoms with Crippen molar-refractivity contribution in [3.05, 3.63) is 58.1 Å². The monoisotopic (exact) mass is 438 g/mol. The smallest absolute Gasteiger partial charge is 0.485 e. The van der Waals surface area contributed by atoms with Gasteiger partial charge in [-0.2, -0.15) is 17.6 Å². The van der Waals surface area contributed by atoms with Crippen molar-refractivity contribution in [2.45, 2.75) is 49.9 Å². The Morgan fingerprint density at radius 3 is 1.79 bits per heavy atom. The molecule has 0 aliphatic carbocycles. The largest absolute Gasteiger partial charge is 0.741 e. The van der Waals surface area contributed by atoms with Crippen molar-refractivity contribution >= 4 is 21.0 Å². The van der Waals surface area contributed by atoms with E-state index in [1.165, 1.54) is 27.8 Å². The van der Waals surface area contributed by atoms with Gasteiger partial charge in [-0.3, -0.25) is 0 Å². The second kappa shape index (κ2) is 9.28. The van der Waals surface area contributed by atoms with E-state index in [1.807, 2.05) is 0 Å². The maximum Gasteiger partial charge on any atom is 0.485 e. The van der Waals surface area contributed by atoms with Gasteiger partial charge in [0.1, 0.15) is 0 Å². The van der Waals surface area contributed by atoms with Gasteiger partial charge in [0.05, 0.1) is 10.9 Å². The third kappa shape index (κ3) is 5.96. The topological polar surface area (TPSA) is 57.2 Å². The standard InChI is InChI=1S/C18H22FS.CHF3O3S/c1-12-6-8-17(9-7-12)20(11-19)18-10-13(2)14(3)15(4)16(18)5;2-1(3,4)8(5,6)7/h6-10H,11H2,1-5H3;(H,5,6,7)/q+1;/p-1. The predicted octanol–water partition coefficient (Wildman–Crippen LogP) is 5.24. The average molecular weight is 439 g/mol. The third-order valence-corrected chi connectivity index (χ3v) is 6.98. The summed E-state index contributed by atoms with van der Waals surface area (Å²) in [5.41, 5.74) is 0.656. The van der Waals surface area contributed by atoms with Gasteiger partial charge in [0.25, 0.3) is 6.01 Å². The summed E-state index contributed by atoms with van der Waals surface area (Å²) in [5.74, 6) is 0. The fourth-order valence-electron chi connectivity index (χ4n) is 2.38. The number of hydrogen-bond donors (Lipinski definition) is 0. The summed E-state index contributed by atoms with van der Waals surface area (Å²) in [6.07, 6.45) is 0. The van der Waals surface area contributed by atoms with Gasteiger partial charge in [-0.15, -0.1) is 0 Å². The number of hydrogen-bond acceptors (Lipinski definition) is 3. The highest BCUT2D eigenvalue weighted by atomic mass is 32.2. The second-order valence-electron chi connectivity index (χ2n) is 6.28. The Bertz CT molecular complexity index is 922. The highest BCUT2D eigenvalue weighted by Crippen LogP contribution is 2.31. The van der Waals surface area contributed by atoms with E-state index in [0.717, 1.165) is 9.79 Å². The maximum atomic E-state index is 13.7. The average Bonchev–Trinajstić information content (AvgIpc) is 2.58. The van der Waals surface area contributed by atoms with Crippen LogP contribution >= 0.6 is 0 Å². The number of halogens is 4. The molecule has 0 spiro atoms. The van der Waals surface area contributed by atoms with Gasteiger partial charge >= 0.3 is 5.51 Å². The number of benzene rings is 2. The van der Waals surface area contributed by atoms with Crippen molar-refractivity contribution < 1.29 is 30.5 Å². The van der Waals surface area contributed by atoms with E-state index in [1.54, 1.807) is 0 Å². The lowest BCUT2D eigenvalue weighted by atomic mass is 10.00. The van der Waals surface area contributed by atoms with Crippen LogP contribution in [0.5, 0.6) is 0 Å². The molecule has 9 heteroatoms. The fourth-order valence-corrected chi connectivity index (χ4v) is 4.19. The molecule has 0 N–H and O–H groups in total. The minimum absolute atomic E-state index is 0.328. The Balaban J connectivity index is 0.000000416. The third-order valence-electron chi connectivity index (χ3n) is 4.40. The lowest BCUT2D eigenvalue weighted by Gasteiger charge is -2.13. The first-order valence-electron chi connectivity index (χ1n) is 8.13. The maximum absolute atomic E-state index is 13.7. The first-order chi connectivity index (χ1) is 12.7. The van der Waals surface area contributed by atoms with Crippen LogP contribution in [0.25, 0.3) is 0 Å². The molecule has 1 atom stereocenters. The summed E-state index contributed by atoms with van der Waals surface area (Å²) in [7, 11) is -6.56. The van der Waals surface area contributed by atoms with Gasteiger partial charge in [0.2, 0.25) is 0 Å². The summed E-state index contributed by atoms with van der Waals surface area (Å²) in [5, 5.41) is 0. The molecule has 0 saturated heterocycles. The van der Waals surface area contributed by atoms with Crippen LogP contribution in [0, 0.1) is 34.6 Å². The van der Waals surface area contributed by atoms with Crippen molar-refractivity contribution in [3.8, 4) is 0 Å². The molecule has 0 aromatic heterocycles. The highest BCUT2D eigenvalue weighted by Gasteiger charge is 2.37. The van der Waals surface area contributed by atoms with Crippen molar-refractivity contribution in [2.24, 2.45) is 0 Å². The molecule has 1 unspecified atom stereocenters. The number of aryl methyl sites for hydroxylation is 2. The molecular formula is C19H22F4O3S2. The Labute approximate surface area is 165 Å². The van der Waals surface area contributed by atoms with Crippen LogP contribution in [0.4, 0.5) is 17.6 Å². The SMILES string of the molecule is Cc1ccc([S+](CF)c2cc(C)c(C)c(C)c2C)cc1.O=S(=O)([O-])C(F)(F)F. The summed E-state index contributed by atoms with van der Waals surface area (Å²) in [4.78, 5) is 2.24. The summed E-state index contributed by atoms with van der Waals surface area (Å²) >= 11 is 0. The highest BCUT2D eigenvalue weighted by molar-refractivity contribution is 7.96. The van der Waals surface area contributed by atoms with Gasteiger partial charge < -0.3 is 4.55 Å². The van der Waals surface area contributed by atoms with Crippen molar-refractivity contribution in [3.63, 3.8) is 0 Å². The van der Waals surface area contributed by atoms with Crippen LogP contribution in [0.2, 0.25) is 0 Å². The Morgan fingerprint density at radius 2 is 1.39 bits per heavy atom. The molecular weight excluding hydrogens is 416 g/mol. The van der Waals surface area contributed by atoms with Crippen LogP contribution < -0.4 is 0 Å². The molecule has 0 aliphatic rings. The van der Waals surface area contributed by atoms with Gasteiger partial charge in [0, 0.05) is 5.56 Å². The van der Waals surface area contributed by atoms with Gasteiger partial charge in [0.15, 0.2) is 19.9 Å². The minimum Gasteiger partial charge on any atom is -0.741 e. The Kier molecular flexibility index (Phi) is 8.10. The van der Waals surface area contributed by atoms with E-state index in [4.69, 9.17) is 13.0 Å². The zero-order chi connectivity index (χ0) is 21.9. The lowest BCUT2D eigenvalue weighted by molar-refractivity contribution is -0.0517. The quantitative estimate of drug-likeness (QED) is 0.285. The van der Waals surface area contributed by atoms with Gasteiger partial charge in [-0.25, -0.2) is 8.42 Å². The van der Waals surface area contributed by atoms with Crippen LogP contribution in [-0.2, 0) is 21.0 Å². The Morgan fingerprint density at radius 1 is 0.929 bits per heavy atom. The molecule has 2 aromatic carbocycles. The molecule has 2 rings (SSSR count). The molecule has 0 saturated carbocycles. The second-order valence-corrected chi connectivity index (χ2v) is 9.56. The first-order valence-corrected chi connectivity index (χ1v) is 10.9. The van der Waals surface area contributed by atoms with E-state index >= 15 is 0 Å². The minimum atomic E-state index is -6.09. The zero-order valence-corrected chi connectivity index (χ0v) is 17.8. The predicted molar refractivity (Wildman–Crippen MR) is 102 cm³/mol. The fraction of sp³-hybridized carbons (Fsp3) is 0.368.